The van der Waals surface area contributed by atoms with Crippen LogP contribution >= 0.6 is 23.2 Å². The highest BCUT2D eigenvalue weighted by atomic mass is 35.5. The number of methoxy groups -OCH3 is 1. The second kappa shape index (κ2) is 4.74. The maximum atomic E-state index is 12.1. The number of fused-ring (bicyclic) bond motifs is 1. The van der Waals surface area contributed by atoms with E-state index in [1.54, 1.807) is 0 Å². The van der Waals surface area contributed by atoms with E-state index in [0.717, 1.165) is 12.8 Å². The van der Waals surface area contributed by atoms with Crippen LogP contribution in [0.15, 0.2) is 10.8 Å². The third kappa shape index (κ3) is 1.74. The van der Waals surface area contributed by atoms with Gasteiger partial charge in [-0.25, -0.2) is 4.79 Å². The molecular weight excluding hydrogens is 279 g/mol. The molecule has 18 heavy (non-hydrogen) atoms. The van der Waals surface area contributed by atoms with Gasteiger partial charge >= 0.3 is 5.97 Å². The van der Waals surface area contributed by atoms with E-state index in [9.17, 15) is 14.7 Å². The van der Waals surface area contributed by atoms with E-state index < -0.39 is 28.3 Å². The zero-order valence-electron chi connectivity index (χ0n) is 9.91. The van der Waals surface area contributed by atoms with Gasteiger partial charge in [0.05, 0.1) is 12.1 Å². The first-order valence-corrected chi connectivity index (χ1v) is 6.61. The predicted molar refractivity (Wildman–Crippen MR) is 66.6 cm³/mol. The molecular formula is C12H14Cl2O4. The van der Waals surface area contributed by atoms with E-state index in [1.807, 2.05) is 0 Å². The zero-order chi connectivity index (χ0) is 13.5. The summed E-state index contributed by atoms with van der Waals surface area (Å²) in [7, 11) is 1.18. The average molecular weight is 293 g/mol. The van der Waals surface area contributed by atoms with Gasteiger partial charge < -0.3 is 9.84 Å². The molecule has 0 unspecified atom stereocenters. The Balaban J connectivity index is 2.53. The van der Waals surface area contributed by atoms with E-state index >= 15 is 0 Å². The lowest BCUT2D eigenvalue weighted by Crippen LogP contribution is -2.55. The first kappa shape index (κ1) is 13.7. The predicted octanol–water partition coefficient (Wildman–Crippen LogP) is 2.53. The van der Waals surface area contributed by atoms with Crippen molar-refractivity contribution in [1.82, 2.24) is 0 Å². The summed E-state index contributed by atoms with van der Waals surface area (Å²) in [5.74, 6) is -2.91. The first-order valence-electron chi connectivity index (χ1n) is 5.85. The standard InChI is InChI=1S/C12H14Cl2O4/c1-18-11(17)12(14)7-5-3-2-4-6(7)8(13)9(15)10(12)16/h6-7,15H,2-5H2,1H3/t6-,7+,12+/m0/s1. The number of allylic oxidation sites excluding steroid dienone is 2. The molecule has 2 aliphatic carbocycles. The van der Waals surface area contributed by atoms with Gasteiger partial charge in [0.2, 0.25) is 10.7 Å². The highest BCUT2D eigenvalue weighted by Crippen LogP contribution is 2.50. The summed E-state index contributed by atoms with van der Waals surface area (Å²) in [6.07, 6.45) is 3.16. The Hall–Kier alpha value is -0.740. The molecule has 0 aromatic heterocycles. The van der Waals surface area contributed by atoms with Crippen molar-refractivity contribution in [3.05, 3.63) is 10.8 Å². The van der Waals surface area contributed by atoms with Crippen LogP contribution in [0.3, 0.4) is 0 Å². The van der Waals surface area contributed by atoms with Gasteiger partial charge in [-0.2, -0.15) is 0 Å². The van der Waals surface area contributed by atoms with Crippen LogP contribution in [-0.2, 0) is 14.3 Å². The smallest absolute Gasteiger partial charge is 0.335 e. The summed E-state index contributed by atoms with van der Waals surface area (Å²) in [5.41, 5.74) is 0. The number of Topliss-reactive ketones (excluding diaryl/α,β-unsaturated/α-hetero) is 1. The van der Waals surface area contributed by atoms with Gasteiger partial charge in [0, 0.05) is 11.8 Å². The number of hydrogen-bond donors (Lipinski definition) is 1. The number of aliphatic hydroxyl groups excluding tert-OH is 1. The van der Waals surface area contributed by atoms with Crippen molar-refractivity contribution < 1.29 is 19.4 Å². The fourth-order valence-electron chi connectivity index (χ4n) is 2.93. The van der Waals surface area contributed by atoms with Gasteiger partial charge in [0.15, 0.2) is 5.76 Å². The number of esters is 1. The lowest BCUT2D eigenvalue weighted by Gasteiger charge is -2.42. The Kier molecular flexibility index (Phi) is 3.60. The van der Waals surface area contributed by atoms with E-state index in [4.69, 9.17) is 23.2 Å². The molecule has 1 fully saturated rings. The number of carbonyl (C=O) groups is 2. The van der Waals surface area contributed by atoms with Gasteiger partial charge in [-0.05, 0) is 12.8 Å². The maximum absolute atomic E-state index is 12.1. The molecule has 100 valence electrons. The quantitative estimate of drug-likeness (QED) is 0.458. The number of halogens is 2. The molecule has 1 N–H and O–H groups in total. The number of ketones is 1. The highest BCUT2D eigenvalue weighted by Gasteiger charge is 2.59. The summed E-state index contributed by atoms with van der Waals surface area (Å²) in [6, 6.07) is 0. The second-order valence-electron chi connectivity index (χ2n) is 4.73. The third-order valence-electron chi connectivity index (χ3n) is 3.86. The molecule has 3 atom stereocenters. The molecule has 0 heterocycles. The van der Waals surface area contributed by atoms with Crippen molar-refractivity contribution in [2.24, 2.45) is 11.8 Å². The van der Waals surface area contributed by atoms with Crippen LogP contribution in [0.5, 0.6) is 0 Å². The molecule has 0 saturated heterocycles. The van der Waals surface area contributed by atoms with Crippen LogP contribution in [0.2, 0.25) is 0 Å². The fourth-order valence-corrected chi connectivity index (χ4v) is 3.70. The first-order chi connectivity index (χ1) is 8.44. The van der Waals surface area contributed by atoms with Gasteiger partial charge in [0.1, 0.15) is 0 Å². The van der Waals surface area contributed by atoms with Crippen molar-refractivity contribution in [3.8, 4) is 0 Å². The van der Waals surface area contributed by atoms with E-state index in [2.05, 4.69) is 4.74 Å². The number of ether oxygens (including phenoxy) is 1. The van der Waals surface area contributed by atoms with Crippen LogP contribution in [0, 0.1) is 11.8 Å². The minimum atomic E-state index is -1.83. The zero-order valence-corrected chi connectivity index (χ0v) is 11.4. The minimum absolute atomic E-state index is 0.130. The van der Waals surface area contributed by atoms with Gasteiger partial charge in [-0.3, -0.25) is 4.79 Å². The molecule has 2 aliphatic rings. The number of carbonyl (C=O) groups excluding carboxylic acids is 2. The second-order valence-corrected chi connectivity index (χ2v) is 5.73. The van der Waals surface area contributed by atoms with Crippen LogP contribution < -0.4 is 0 Å². The third-order valence-corrected chi connectivity index (χ3v) is 4.92. The highest BCUT2D eigenvalue weighted by molar-refractivity contribution is 6.49. The molecule has 0 aliphatic heterocycles. The molecule has 2 rings (SSSR count). The Labute approximate surface area is 115 Å². The van der Waals surface area contributed by atoms with Crippen LogP contribution in [0.25, 0.3) is 0 Å². The molecule has 0 radical (unpaired) electrons. The molecule has 6 heteroatoms. The molecule has 0 spiro atoms. The van der Waals surface area contributed by atoms with E-state index in [0.29, 0.717) is 12.8 Å². The molecule has 0 aromatic rings. The van der Waals surface area contributed by atoms with Gasteiger partial charge in [-0.1, -0.05) is 36.0 Å². The summed E-state index contributed by atoms with van der Waals surface area (Å²) in [5, 5.41) is 9.90. The SMILES string of the molecule is COC(=O)[C@]1(Cl)C(=O)C(O)=C(Cl)[C@H]2CCCC[C@H]21. The van der Waals surface area contributed by atoms with Crippen molar-refractivity contribution >= 4 is 35.0 Å². The van der Waals surface area contributed by atoms with E-state index in [-0.39, 0.29) is 11.0 Å². The number of aliphatic hydroxyl groups is 1. The normalized spacial score (nSPS) is 36.3. The molecule has 0 aromatic carbocycles. The summed E-state index contributed by atoms with van der Waals surface area (Å²) >= 11 is 12.2. The number of alkyl halides is 1. The summed E-state index contributed by atoms with van der Waals surface area (Å²) in [6.45, 7) is 0. The Morgan fingerprint density at radius 2 is 2.06 bits per heavy atom. The largest absolute Gasteiger partial charge is 0.503 e. The van der Waals surface area contributed by atoms with Crippen LogP contribution in [-0.4, -0.2) is 28.8 Å². The van der Waals surface area contributed by atoms with Crippen molar-refractivity contribution in [2.45, 2.75) is 30.6 Å². The van der Waals surface area contributed by atoms with Crippen molar-refractivity contribution in [1.29, 1.82) is 0 Å². The average Bonchev–Trinajstić information content (AvgIpc) is 2.41. The number of hydrogen-bond acceptors (Lipinski definition) is 4. The molecule has 4 nitrogen and oxygen atoms in total. The monoisotopic (exact) mass is 292 g/mol. The van der Waals surface area contributed by atoms with Gasteiger partial charge in [-0.15, -0.1) is 0 Å². The molecule has 1 saturated carbocycles. The van der Waals surface area contributed by atoms with Crippen molar-refractivity contribution in [3.63, 3.8) is 0 Å². The summed E-state index contributed by atoms with van der Waals surface area (Å²) in [4.78, 5) is 22.1. The van der Waals surface area contributed by atoms with E-state index in [1.165, 1.54) is 7.11 Å². The van der Waals surface area contributed by atoms with Gasteiger partial charge in [0.25, 0.3) is 0 Å². The van der Waals surface area contributed by atoms with Crippen LogP contribution in [0.1, 0.15) is 25.7 Å². The molecule has 0 amide bonds. The lowest BCUT2D eigenvalue weighted by molar-refractivity contribution is -0.151. The Morgan fingerprint density at radius 3 is 2.67 bits per heavy atom. The summed E-state index contributed by atoms with van der Waals surface area (Å²) < 4.78 is 4.63. The van der Waals surface area contributed by atoms with Crippen molar-refractivity contribution in [2.75, 3.05) is 7.11 Å². The topological polar surface area (TPSA) is 63.6 Å². The van der Waals surface area contributed by atoms with Crippen LogP contribution in [0.4, 0.5) is 0 Å². The minimum Gasteiger partial charge on any atom is -0.503 e. The molecule has 0 bridgehead atoms. The Morgan fingerprint density at radius 1 is 1.44 bits per heavy atom. The maximum Gasteiger partial charge on any atom is 0.335 e. The fraction of sp³-hybridized carbons (Fsp3) is 0.667. The Bertz CT molecular complexity index is 432. The lowest BCUT2D eigenvalue weighted by atomic mass is 9.66. The number of rotatable bonds is 1.